The fraction of sp³-hybridized carbons (Fsp3) is 0.643. The molecular formula is C14H21N5O2. The Morgan fingerprint density at radius 1 is 1.38 bits per heavy atom. The van der Waals surface area contributed by atoms with Gasteiger partial charge in [-0.3, -0.25) is 4.79 Å². The number of urea groups is 1. The molecule has 7 nitrogen and oxygen atoms in total. The minimum atomic E-state index is 0.00726. The van der Waals surface area contributed by atoms with Crippen LogP contribution in [-0.4, -0.2) is 51.9 Å². The van der Waals surface area contributed by atoms with Crippen LogP contribution in [0.2, 0.25) is 0 Å². The molecule has 0 aromatic carbocycles. The van der Waals surface area contributed by atoms with Crippen LogP contribution in [0.15, 0.2) is 6.20 Å². The normalized spacial score (nSPS) is 17.3. The molecule has 0 saturated heterocycles. The van der Waals surface area contributed by atoms with Crippen LogP contribution in [0.1, 0.15) is 24.4 Å². The van der Waals surface area contributed by atoms with Crippen LogP contribution in [0.5, 0.6) is 0 Å². The van der Waals surface area contributed by atoms with E-state index < -0.39 is 0 Å². The summed E-state index contributed by atoms with van der Waals surface area (Å²) >= 11 is 0. The van der Waals surface area contributed by atoms with Crippen molar-refractivity contribution >= 4 is 11.9 Å². The Labute approximate surface area is 123 Å². The van der Waals surface area contributed by atoms with Gasteiger partial charge < -0.3 is 19.7 Å². The summed E-state index contributed by atoms with van der Waals surface area (Å²) in [5.41, 5.74) is 1.01. The van der Waals surface area contributed by atoms with Crippen LogP contribution in [-0.2, 0) is 24.4 Å². The topological polar surface area (TPSA) is 70.5 Å². The highest BCUT2D eigenvalue weighted by molar-refractivity contribution is 5.80. The van der Waals surface area contributed by atoms with Crippen LogP contribution < -0.4 is 5.32 Å². The number of rotatable bonds is 3. The molecule has 2 heterocycles. The summed E-state index contributed by atoms with van der Waals surface area (Å²) in [6, 6.07) is 0.00726. The summed E-state index contributed by atoms with van der Waals surface area (Å²) < 4.78 is 2.10. The van der Waals surface area contributed by atoms with Crippen molar-refractivity contribution in [2.24, 2.45) is 5.92 Å². The third-order valence-corrected chi connectivity index (χ3v) is 3.99. The molecule has 1 fully saturated rings. The molecule has 3 amide bonds. The highest BCUT2D eigenvalue weighted by Crippen LogP contribution is 2.28. The second-order valence-electron chi connectivity index (χ2n) is 5.91. The fourth-order valence-corrected chi connectivity index (χ4v) is 2.58. The molecule has 0 radical (unpaired) electrons. The number of carbonyl (C=O) groups is 2. The van der Waals surface area contributed by atoms with Gasteiger partial charge in [0, 0.05) is 33.1 Å². The van der Waals surface area contributed by atoms with Gasteiger partial charge in [-0.25, -0.2) is 9.78 Å². The molecule has 1 aliphatic carbocycles. The molecule has 1 saturated carbocycles. The Morgan fingerprint density at radius 2 is 2.14 bits per heavy atom. The maximum absolute atomic E-state index is 12.0. The van der Waals surface area contributed by atoms with Crippen LogP contribution >= 0.6 is 0 Å². The molecular weight excluding hydrogens is 270 g/mol. The van der Waals surface area contributed by atoms with E-state index in [0.717, 1.165) is 30.9 Å². The van der Waals surface area contributed by atoms with Gasteiger partial charge in [-0.2, -0.15) is 0 Å². The largest absolute Gasteiger partial charge is 0.350 e. The van der Waals surface area contributed by atoms with E-state index in [1.807, 2.05) is 0 Å². The van der Waals surface area contributed by atoms with Crippen molar-refractivity contribution in [2.75, 3.05) is 20.6 Å². The molecule has 3 rings (SSSR count). The van der Waals surface area contributed by atoms with E-state index in [1.54, 1.807) is 30.1 Å². The molecule has 0 atom stereocenters. The first-order valence-corrected chi connectivity index (χ1v) is 7.33. The van der Waals surface area contributed by atoms with Gasteiger partial charge in [0.2, 0.25) is 5.91 Å². The summed E-state index contributed by atoms with van der Waals surface area (Å²) in [4.78, 5) is 31.4. The lowest BCUT2D eigenvalue weighted by molar-refractivity contribution is -0.122. The first-order valence-electron chi connectivity index (χ1n) is 7.33. The second-order valence-corrected chi connectivity index (χ2v) is 5.91. The van der Waals surface area contributed by atoms with E-state index in [2.05, 4.69) is 14.9 Å². The fourth-order valence-electron chi connectivity index (χ4n) is 2.58. The lowest BCUT2D eigenvalue weighted by atomic mass is 10.3. The number of hydrogen-bond acceptors (Lipinski definition) is 3. The van der Waals surface area contributed by atoms with Gasteiger partial charge in [-0.15, -0.1) is 0 Å². The summed E-state index contributed by atoms with van der Waals surface area (Å²) in [7, 11) is 3.50. The molecule has 0 bridgehead atoms. The zero-order valence-corrected chi connectivity index (χ0v) is 12.5. The molecule has 7 heteroatoms. The zero-order chi connectivity index (χ0) is 15.0. The highest BCUT2D eigenvalue weighted by atomic mass is 16.2. The monoisotopic (exact) mass is 291 g/mol. The average Bonchev–Trinajstić information content (AvgIpc) is 3.25. The third kappa shape index (κ3) is 2.86. The number of imidazole rings is 1. The smallest absolute Gasteiger partial charge is 0.319 e. The molecule has 21 heavy (non-hydrogen) atoms. The first-order chi connectivity index (χ1) is 10.1. The minimum absolute atomic E-state index is 0.00726. The summed E-state index contributed by atoms with van der Waals surface area (Å²) in [6.07, 6.45) is 3.82. The lowest BCUT2D eigenvalue weighted by Crippen LogP contribution is -2.44. The molecule has 0 spiro atoms. The van der Waals surface area contributed by atoms with E-state index in [9.17, 15) is 9.59 Å². The Hall–Kier alpha value is -2.05. The van der Waals surface area contributed by atoms with E-state index in [4.69, 9.17) is 0 Å². The van der Waals surface area contributed by atoms with E-state index in [0.29, 0.717) is 19.6 Å². The maximum Gasteiger partial charge on any atom is 0.319 e. The van der Waals surface area contributed by atoms with E-state index in [-0.39, 0.29) is 17.9 Å². The quantitative estimate of drug-likeness (QED) is 0.876. The van der Waals surface area contributed by atoms with Gasteiger partial charge >= 0.3 is 6.03 Å². The second kappa shape index (κ2) is 5.38. The summed E-state index contributed by atoms with van der Waals surface area (Å²) in [5.74, 6) is 1.25. The number of nitrogens with zero attached hydrogens (tertiary/aromatic N) is 4. The highest BCUT2D eigenvalue weighted by Gasteiger charge is 2.30. The zero-order valence-electron chi connectivity index (χ0n) is 12.5. The standard InChI is InChI=1S/C14H21N5O2/c1-17(2)14(21)18-5-6-19-11(7-15-12(19)9-18)8-16-13(20)10-3-4-10/h7,10H,3-6,8-9H2,1-2H3,(H,16,20). The first kappa shape index (κ1) is 13.9. The van der Waals surface area contributed by atoms with Gasteiger partial charge in [0.1, 0.15) is 5.82 Å². The Kier molecular flexibility index (Phi) is 3.57. The predicted molar refractivity (Wildman–Crippen MR) is 76.3 cm³/mol. The van der Waals surface area contributed by atoms with Gasteiger partial charge in [0.25, 0.3) is 0 Å². The molecule has 1 aromatic rings. The number of amides is 3. The van der Waals surface area contributed by atoms with E-state index in [1.165, 1.54) is 0 Å². The van der Waals surface area contributed by atoms with Crippen LogP contribution in [0, 0.1) is 5.92 Å². The number of nitrogens with one attached hydrogen (secondary N) is 1. The van der Waals surface area contributed by atoms with Crippen molar-refractivity contribution < 1.29 is 9.59 Å². The van der Waals surface area contributed by atoms with Crippen LogP contribution in [0.3, 0.4) is 0 Å². The van der Waals surface area contributed by atoms with Crippen molar-refractivity contribution in [2.45, 2.75) is 32.5 Å². The molecule has 1 aromatic heterocycles. The van der Waals surface area contributed by atoms with Crippen LogP contribution in [0.25, 0.3) is 0 Å². The SMILES string of the molecule is CN(C)C(=O)N1CCn2c(CNC(=O)C3CC3)cnc2C1. The van der Waals surface area contributed by atoms with Crippen molar-refractivity contribution in [1.29, 1.82) is 0 Å². The summed E-state index contributed by atoms with van der Waals surface area (Å²) in [6.45, 7) is 2.44. The molecule has 114 valence electrons. The third-order valence-electron chi connectivity index (χ3n) is 3.99. The maximum atomic E-state index is 12.0. The van der Waals surface area contributed by atoms with Crippen molar-refractivity contribution in [3.05, 3.63) is 17.7 Å². The number of hydrogen-bond donors (Lipinski definition) is 1. The molecule has 0 unspecified atom stereocenters. The summed E-state index contributed by atoms with van der Waals surface area (Å²) in [5, 5.41) is 2.96. The molecule has 2 aliphatic rings. The molecule has 1 N–H and O–H groups in total. The van der Waals surface area contributed by atoms with Crippen molar-refractivity contribution in [1.82, 2.24) is 24.7 Å². The minimum Gasteiger partial charge on any atom is -0.350 e. The van der Waals surface area contributed by atoms with Gasteiger partial charge in [-0.1, -0.05) is 0 Å². The number of fused-ring (bicyclic) bond motifs is 1. The van der Waals surface area contributed by atoms with Crippen molar-refractivity contribution in [3.8, 4) is 0 Å². The lowest BCUT2D eigenvalue weighted by Gasteiger charge is -2.30. The van der Waals surface area contributed by atoms with E-state index >= 15 is 0 Å². The van der Waals surface area contributed by atoms with Gasteiger partial charge in [0.05, 0.1) is 25.0 Å². The average molecular weight is 291 g/mol. The Morgan fingerprint density at radius 3 is 2.81 bits per heavy atom. The Bertz CT molecular complexity index is 548. The Balaban J connectivity index is 1.63. The predicted octanol–water partition coefficient (Wildman–Crippen LogP) is 0.406. The van der Waals surface area contributed by atoms with Crippen molar-refractivity contribution in [3.63, 3.8) is 0 Å². The van der Waals surface area contributed by atoms with Gasteiger partial charge in [-0.05, 0) is 12.8 Å². The van der Waals surface area contributed by atoms with Crippen LogP contribution in [0.4, 0.5) is 4.79 Å². The number of carbonyl (C=O) groups excluding carboxylic acids is 2. The molecule has 1 aliphatic heterocycles. The van der Waals surface area contributed by atoms with Gasteiger partial charge in [0.15, 0.2) is 0 Å². The number of aromatic nitrogens is 2.